The second kappa shape index (κ2) is 16.4. The number of primary amides is 1. The zero-order valence-electron chi connectivity index (χ0n) is 20.1. The predicted octanol–water partition coefficient (Wildman–Crippen LogP) is -7.19. The molecule has 19 nitrogen and oxygen atoms in total. The summed E-state index contributed by atoms with van der Waals surface area (Å²) >= 11 is 0. The molecule has 0 fully saturated rings. The van der Waals surface area contributed by atoms with E-state index in [2.05, 4.69) is 10.6 Å². The van der Waals surface area contributed by atoms with Crippen molar-refractivity contribution >= 4 is 47.4 Å². The molecule has 0 spiro atoms. The number of rotatable bonds is 17. The summed E-state index contributed by atoms with van der Waals surface area (Å²) in [4.78, 5) is 94.1. The fourth-order valence-corrected chi connectivity index (χ4v) is 2.69. The van der Waals surface area contributed by atoms with Crippen molar-refractivity contribution in [2.24, 2.45) is 11.5 Å². The summed E-state index contributed by atoms with van der Waals surface area (Å²) in [6.45, 7) is -1.34. The molecule has 0 aromatic heterocycles. The van der Waals surface area contributed by atoms with Crippen molar-refractivity contribution in [3.8, 4) is 0 Å². The molecule has 0 aliphatic heterocycles. The Labute approximate surface area is 214 Å². The highest BCUT2D eigenvalue weighted by Gasteiger charge is 2.33. The summed E-state index contributed by atoms with van der Waals surface area (Å²) in [5, 5.41) is 46.8. The molecule has 38 heavy (non-hydrogen) atoms. The lowest BCUT2D eigenvalue weighted by molar-refractivity contribution is -0.144. The Bertz CT molecular complexity index is 926. The smallest absolute Gasteiger partial charge is 0.328 e. The zero-order valence-corrected chi connectivity index (χ0v) is 20.1. The molecule has 0 rings (SSSR count). The molecule has 0 unspecified atom stereocenters. The van der Waals surface area contributed by atoms with Crippen LogP contribution in [0.2, 0.25) is 0 Å². The number of carboxylic acid groups (broad SMARTS) is 2. The molecule has 13 N–H and O–H groups in total. The van der Waals surface area contributed by atoms with E-state index < -0.39 is 110 Å². The molecule has 19 heteroatoms. The van der Waals surface area contributed by atoms with Gasteiger partial charge in [0.05, 0.1) is 38.6 Å². The molecule has 6 amide bonds. The van der Waals surface area contributed by atoms with Gasteiger partial charge in [-0.05, 0) is 6.92 Å². The van der Waals surface area contributed by atoms with Crippen LogP contribution in [-0.4, -0.2) is 118 Å². The first-order valence-corrected chi connectivity index (χ1v) is 10.8. The topological polar surface area (TPSA) is 330 Å². The Morgan fingerprint density at radius 1 is 0.763 bits per heavy atom. The molecule has 214 valence electrons. The van der Waals surface area contributed by atoms with Crippen LogP contribution in [-0.2, 0) is 38.4 Å². The van der Waals surface area contributed by atoms with E-state index in [4.69, 9.17) is 26.8 Å². The number of nitrogens with two attached hydrogens (primary N) is 2. The van der Waals surface area contributed by atoms with E-state index in [0.717, 1.165) is 6.92 Å². The van der Waals surface area contributed by atoms with E-state index in [1.807, 2.05) is 16.0 Å². The number of hydrogen-bond donors (Lipinski definition) is 11. The molecule has 0 aromatic carbocycles. The third-order valence-electron chi connectivity index (χ3n) is 4.56. The van der Waals surface area contributed by atoms with Crippen molar-refractivity contribution in [1.29, 1.82) is 0 Å². The number of aliphatic hydroxyl groups is 2. The van der Waals surface area contributed by atoms with Gasteiger partial charge in [-0.15, -0.1) is 0 Å². The number of carbonyl (C=O) groups is 8. The first kappa shape index (κ1) is 33.6. The van der Waals surface area contributed by atoms with E-state index in [0.29, 0.717) is 0 Å². The molecule has 0 radical (unpaired) electrons. The molecule has 5 atom stereocenters. The van der Waals surface area contributed by atoms with Crippen LogP contribution in [0.3, 0.4) is 0 Å². The third kappa shape index (κ3) is 12.6. The summed E-state index contributed by atoms with van der Waals surface area (Å²) in [5.41, 5.74) is 10.1. The Kier molecular flexibility index (Phi) is 14.5. The molecule has 0 aliphatic carbocycles. The van der Waals surface area contributed by atoms with E-state index in [9.17, 15) is 43.5 Å². The summed E-state index contributed by atoms with van der Waals surface area (Å²) in [7, 11) is 0. The maximum Gasteiger partial charge on any atom is 0.328 e. The SMILES string of the molecule is C[C@@H](O)[C@H](NC(=O)[C@H](CC(=O)O)NC(=O)CNC(=O)[C@H](CC(N)=O)NC(=O)CN)C(=O)N[C@@H](CO)C(=O)O. The number of nitrogens with one attached hydrogen (secondary N) is 5. The summed E-state index contributed by atoms with van der Waals surface area (Å²) in [6, 6.07) is -6.90. The van der Waals surface area contributed by atoms with Gasteiger partial charge >= 0.3 is 11.9 Å². The normalized spacial score (nSPS) is 14.4. The standard InChI is InChI=1S/C19H31N7O12/c1-7(28)15(18(36)25-10(6-27)19(37)38)26-17(35)9(3-14(32)33)24-13(31)5-22-16(34)8(2-11(21)29)23-12(30)4-20/h7-10,15,27-28H,2-6,20H2,1H3,(H2,21,29)(H,22,34)(H,23,30)(H,24,31)(H,25,36)(H,26,35)(H,32,33)(H,37,38)/t7-,8+,9+,10+,15+/m1/s1. The van der Waals surface area contributed by atoms with Gasteiger partial charge in [0.15, 0.2) is 0 Å². The van der Waals surface area contributed by atoms with Gasteiger partial charge in [0.2, 0.25) is 35.4 Å². The van der Waals surface area contributed by atoms with Crippen molar-refractivity contribution < 1.29 is 58.8 Å². The van der Waals surface area contributed by atoms with Crippen molar-refractivity contribution in [1.82, 2.24) is 26.6 Å². The molecule has 0 saturated heterocycles. The first-order valence-electron chi connectivity index (χ1n) is 10.8. The van der Waals surface area contributed by atoms with Gasteiger partial charge in [-0.25, -0.2) is 4.79 Å². The number of carboxylic acids is 2. The van der Waals surface area contributed by atoms with Crippen molar-refractivity contribution in [3.63, 3.8) is 0 Å². The molecule has 0 saturated carbocycles. The van der Waals surface area contributed by atoms with Crippen LogP contribution in [0.4, 0.5) is 0 Å². The van der Waals surface area contributed by atoms with Crippen LogP contribution >= 0.6 is 0 Å². The second-order valence-corrected chi connectivity index (χ2v) is 7.74. The zero-order chi connectivity index (χ0) is 29.6. The number of aliphatic hydroxyl groups excluding tert-OH is 2. The number of carbonyl (C=O) groups excluding carboxylic acids is 6. The predicted molar refractivity (Wildman–Crippen MR) is 122 cm³/mol. The minimum absolute atomic E-state index is 0.516. The van der Waals surface area contributed by atoms with Crippen LogP contribution < -0.4 is 38.1 Å². The van der Waals surface area contributed by atoms with Crippen LogP contribution in [0.1, 0.15) is 19.8 Å². The lowest BCUT2D eigenvalue weighted by Gasteiger charge is -2.25. The van der Waals surface area contributed by atoms with Gasteiger partial charge in [-0.1, -0.05) is 0 Å². The molecule has 0 aromatic rings. The largest absolute Gasteiger partial charge is 0.481 e. The van der Waals surface area contributed by atoms with Crippen LogP contribution in [0.25, 0.3) is 0 Å². The maximum absolute atomic E-state index is 12.6. The summed E-state index contributed by atoms with van der Waals surface area (Å²) in [5.74, 6) is -9.59. The van der Waals surface area contributed by atoms with Crippen LogP contribution in [0.5, 0.6) is 0 Å². The van der Waals surface area contributed by atoms with Crippen molar-refractivity contribution in [2.45, 2.75) is 50.0 Å². The van der Waals surface area contributed by atoms with E-state index in [1.54, 1.807) is 0 Å². The fraction of sp³-hybridized carbons (Fsp3) is 0.579. The van der Waals surface area contributed by atoms with E-state index in [1.165, 1.54) is 0 Å². The monoisotopic (exact) mass is 549 g/mol. The van der Waals surface area contributed by atoms with Crippen LogP contribution in [0.15, 0.2) is 0 Å². The van der Waals surface area contributed by atoms with Gasteiger partial charge in [0.25, 0.3) is 0 Å². The van der Waals surface area contributed by atoms with Gasteiger partial charge in [0, 0.05) is 0 Å². The number of amides is 6. The fourth-order valence-electron chi connectivity index (χ4n) is 2.69. The van der Waals surface area contributed by atoms with Crippen molar-refractivity contribution in [3.05, 3.63) is 0 Å². The molecule has 0 aliphatic rings. The first-order chi connectivity index (χ1) is 17.6. The lowest BCUT2D eigenvalue weighted by atomic mass is 10.1. The van der Waals surface area contributed by atoms with Crippen LogP contribution in [0, 0.1) is 0 Å². The Morgan fingerprint density at radius 2 is 1.32 bits per heavy atom. The minimum Gasteiger partial charge on any atom is -0.481 e. The quantitative estimate of drug-likeness (QED) is 0.0804. The van der Waals surface area contributed by atoms with Gasteiger partial charge in [0.1, 0.15) is 24.2 Å². The maximum atomic E-state index is 12.6. The number of hydrogen-bond acceptors (Lipinski definition) is 11. The summed E-state index contributed by atoms with van der Waals surface area (Å²) in [6.07, 6.45) is -3.27. The molecule has 0 bridgehead atoms. The third-order valence-corrected chi connectivity index (χ3v) is 4.56. The van der Waals surface area contributed by atoms with E-state index in [-0.39, 0.29) is 0 Å². The molecule has 0 heterocycles. The highest BCUT2D eigenvalue weighted by atomic mass is 16.4. The highest BCUT2D eigenvalue weighted by molar-refractivity contribution is 5.97. The Balaban J connectivity index is 5.38. The Hall–Kier alpha value is -4.36. The Morgan fingerprint density at radius 3 is 1.76 bits per heavy atom. The molecular formula is C19H31N7O12. The molecular weight excluding hydrogens is 518 g/mol. The highest BCUT2D eigenvalue weighted by Crippen LogP contribution is 2.00. The van der Waals surface area contributed by atoms with Gasteiger partial charge in [-0.3, -0.25) is 33.6 Å². The average Bonchev–Trinajstić information content (AvgIpc) is 2.81. The lowest BCUT2D eigenvalue weighted by Crippen LogP contribution is -2.60. The van der Waals surface area contributed by atoms with Gasteiger partial charge in [-0.2, -0.15) is 0 Å². The summed E-state index contributed by atoms with van der Waals surface area (Å²) < 4.78 is 0. The average molecular weight is 549 g/mol. The minimum atomic E-state index is -1.84. The second-order valence-electron chi connectivity index (χ2n) is 7.74. The van der Waals surface area contributed by atoms with Crippen molar-refractivity contribution in [2.75, 3.05) is 19.7 Å². The van der Waals surface area contributed by atoms with Gasteiger partial charge < -0.3 is 58.5 Å². The van der Waals surface area contributed by atoms with E-state index >= 15 is 0 Å². The number of aliphatic carboxylic acids is 2.